The lowest BCUT2D eigenvalue weighted by atomic mass is 9.90. The Kier molecular flexibility index (Phi) is 11.9. The molecule has 0 aromatic heterocycles. The Morgan fingerprint density at radius 1 is 0.897 bits per heavy atom. The van der Waals surface area contributed by atoms with E-state index in [0.717, 1.165) is 16.7 Å². The molecule has 0 aliphatic heterocycles. The van der Waals surface area contributed by atoms with Crippen molar-refractivity contribution in [3.05, 3.63) is 114 Å². The lowest BCUT2D eigenvalue weighted by Crippen LogP contribution is -2.48. The van der Waals surface area contributed by atoms with Crippen LogP contribution in [-0.2, 0) is 9.59 Å². The lowest BCUT2D eigenvalue weighted by molar-refractivity contribution is -0.132. The van der Waals surface area contributed by atoms with Gasteiger partial charge >= 0.3 is 0 Å². The second-order valence-corrected chi connectivity index (χ2v) is 9.68. The third-order valence-corrected chi connectivity index (χ3v) is 6.73. The van der Waals surface area contributed by atoms with Gasteiger partial charge in [0.25, 0.3) is 0 Å². The molecule has 7 heteroatoms. The van der Waals surface area contributed by atoms with Crippen molar-refractivity contribution in [2.24, 2.45) is 5.73 Å². The molecule has 2 amide bonds. The zero-order valence-electron chi connectivity index (χ0n) is 22.8. The molecule has 0 fully saturated rings. The van der Waals surface area contributed by atoms with E-state index in [1.807, 2.05) is 43.4 Å². The fraction of sp³-hybridized carbons (Fsp3) is 0.312. The number of likely N-dealkylation sites (N-methyl/N-ethyl adjacent to an activating group) is 2. The summed E-state index contributed by atoms with van der Waals surface area (Å²) in [7, 11) is 3.56. The monoisotopic (exact) mass is 530 g/mol. The molecule has 0 saturated carbocycles. The normalized spacial score (nSPS) is 12.0. The first-order chi connectivity index (χ1) is 18.9. The Morgan fingerprint density at radius 3 is 2.05 bits per heavy atom. The quantitative estimate of drug-likeness (QED) is 0.305. The minimum Gasteiger partial charge on any atom is -0.343 e. The van der Waals surface area contributed by atoms with Gasteiger partial charge in [0.05, 0.1) is 6.04 Å². The molecular formula is C32H39FN4O2. The van der Waals surface area contributed by atoms with E-state index in [-0.39, 0.29) is 23.5 Å². The van der Waals surface area contributed by atoms with Crippen molar-refractivity contribution >= 4 is 17.9 Å². The average molecular weight is 531 g/mol. The highest BCUT2D eigenvalue weighted by atomic mass is 19.1. The summed E-state index contributed by atoms with van der Waals surface area (Å²) in [5, 5.41) is 3.35. The van der Waals surface area contributed by atoms with Crippen molar-refractivity contribution in [1.29, 1.82) is 0 Å². The maximum absolute atomic E-state index is 13.5. The zero-order valence-corrected chi connectivity index (χ0v) is 22.8. The van der Waals surface area contributed by atoms with Crippen LogP contribution in [0.3, 0.4) is 0 Å². The van der Waals surface area contributed by atoms with Gasteiger partial charge < -0.3 is 20.9 Å². The van der Waals surface area contributed by atoms with Crippen LogP contribution >= 0.6 is 0 Å². The van der Waals surface area contributed by atoms with Gasteiger partial charge in [-0.05, 0) is 54.3 Å². The maximum Gasteiger partial charge on any atom is 0.246 e. The van der Waals surface area contributed by atoms with Gasteiger partial charge in [0.15, 0.2) is 0 Å². The number of amides is 2. The van der Waals surface area contributed by atoms with Crippen molar-refractivity contribution in [3.8, 4) is 0 Å². The van der Waals surface area contributed by atoms with E-state index >= 15 is 0 Å². The lowest BCUT2D eigenvalue weighted by Gasteiger charge is -2.29. The molecule has 0 unspecified atom stereocenters. The van der Waals surface area contributed by atoms with Crippen molar-refractivity contribution in [1.82, 2.24) is 15.1 Å². The summed E-state index contributed by atoms with van der Waals surface area (Å²) in [6.45, 7) is 1.93. The van der Waals surface area contributed by atoms with Crippen LogP contribution < -0.4 is 11.1 Å². The maximum atomic E-state index is 13.5. The molecule has 0 bridgehead atoms. The highest BCUT2D eigenvalue weighted by Gasteiger charge is 2.25. The van der Waals surface area contributed by atoms with Crippen molar-refractivity contribution < 1.29 is 14.0 Å². The van der Waals surface area contributed by atoms with E-state index in [1.165, 1.54) is 18.2 Å². The van der Waals surface area contributed by atoms with E-state index in [9.17, 15) is 14.0 Å². The molecule has 0 saturated heterocycles. The van der Waals surface area contributed by atoms with Gasteiger partial charge in [-0.25, -0.2) is 4.39 Å². The van der Waals surface area contributed by atoms with E-state index in [0.29, 0.717) is 39.0 Å². The van der Waals surface area contributed by atoms with Crippen LogP contribution in [0.2, 0.25) is 0 Å². The van der Waals surface area contributed by atoms with Crippen LogP contribution in [0.15, 0.2) is 91.0 Å². The summed E-state index contributed by atoms with van der Waals surface area (Å²) in [4.78, 5) is 29.4. The van der Waals surface area contributed by atoms with E-state index < -0.39 is 6.04 Å². The topological polar surface area (TPSA) is 78.7 Å². The van der Waals surface area contributed by atoms with Crippen molar-refractivity contribution in [3.63, 3.8) is 0 Å². The van der Waals surface area contributed by atoms with Crippen LogP contribution in [0.5, 0.6) is 0 Å². The molecule has 39 heavy (non-hydrogen) atoms. The fourth-order valence-electron chi connectivity index (χ4n) is 4.42. The number of carbonyl (C=O) groups excluding carboxylic acids is 2. The van der Waals surface area contributed by atoms with Gasteiger partial charge in [-0.3, -0.25) is 9.59 Å². The average Bonchev–Trinajstić information content (AvgIpc) is 2.97. The van der Waals surface area contributed by atoms with Crippen molar-refractivity contribution in [2.45, 2.75) is 24.8 Å². The Bertz CT molecular complexity index is 1150. The standard InChI is InChI=1S/C32H39FN4O2/c1-36(31(38)20-17-25-15-18-28(33)19-16-25)23-22-35-30(14-9-21-34)32(39)37(2)24-29(26-10-5-3-6-11-26)27-12-7-4-8-13-27/h3-8,10-13,15-20,29-30,35H,9,14,21-24,34H2,1-2H3/b20-17+/t30-/m0/s1. The van der Waals surface area contributed by atoms with E-state index in [1.54, 1.807) is 35.1 Å². The van der Waals surface area contributed by atoms with Gasteiger partial charge in [-0.1, -0.05) is 72.8 Å². The highest BCUT2D eigenvalue weighted by molar-refractivity contribution is 5.91. The number of benzene rings is 3. The first-order valence-corrected chi connectivity index (χ1v) is 13.4. The third-order valence-electron chi connectivity index (χ3n) is 6.73. The molecule has 3 N–H and O–H groups in total. The fourth-order valence-corrected chi connectivity index (χ4v) is 4.42. The number of nitrogens with zero attached hydrogens (tertiary/aromatic N) is 2. The van der Waals surface area contributed by atoms with E-state index in [4.69, 9.17) is 5.73 Å². The summed E-state index contributed by atoms with van der Waals surface area (Å²) >= 11 is 0. The van der Waals surface area contributed by atoms with Crippen molar-refractivity contribution in [2.75, 3.05) is 40.3 Å². The molecule has 0 aliphatic rings. The second-order valence-electron chi connectivity index (χ2n) is 9.68. The minimum absolute atomic E-state index is 0.00509. The minimum atomic E-state index is -0.399. The van der Waals surface area contributed by atoms with Gasteiger partial charge in [-0.15, -0.1) is 0 Å². The Balaban J connectivity index is 1.59. The van der Waals surface area contributed by atoms with E-state index in [2.05, 4.69) is 29.6 Å². The first-order valence-electron chi connectivity index (χ1n) is 13.4. The molecule has 3 aromatic rings. The molecule has 0 heterocycles. The van der Waals surface area contributed by atoms with Crippen LogP contribution in [0.1, 0.15) is 35.4 Å². The molecule has 206 valence electrons. The van der Waals surface area contributed by atoms with Crippen LogP contribution in [0.4, 0.5) is 4.39 Å². The smallest absolute Gasteiger partial charge is 0.246 e. The first kappa shape index (κ1) is 29.7. The zero-order chi connectivity index (χ0) is 28.0. The number of halogens is 1. The number of rotatable bonds is 14. The van der Waals surface area contributed by atoms with Gasteiger partial charge in [0.1, 0.15) is 5.82 Å². The summed E-state index contributed by atoms with van der Waals surface area (Å²) in [5.41, 5.74) is 8.82. The second kappa shape index (κ2) is 15.6. The third kappa shape index (κ3) is 9.46. The van der Waals surface area contributed by atoms with Gasteiger partial charge in [0, 0.05) is 45.7 Å². The molecule has 0 spiro atoms. The summed E-state index contributed by atoms with van der Waals surface area (Å²) in [6.07, 6.45) is 4.45. The van der Waals surface area contributed by atoms with Crippen LogP contribution in [0.25, 0.3) is 6.08 Å². The molecule has 0 aliphatic carbocycles. The Morgan fingerprint density at radius 2 is 1.49 bits per heavy atom. The Hall–Kier alpha value is -3.81. The number of nitrogens with two attached hydrogens (primary N) is 1. The number of hydrogen-bond acceptors (Lipinski definition) is 4. The molecule has 3 rings (SSSR count). The summed E-state index contributed by atoms with van der Waals surface area (Å²) in [6, 6.07) is 26.0. The number of carbonyl (C=O) groups is 2. The predicted octanol–water partition coefficient (Wildman–Crippen LogP) is 4.28. The number of nitrogens with one attached hydrogen (secondary N) is 1. The van der Waals surface area contributed by atoms with Crippen LogP contribution in [0, 0.1) is 5.82 Å². The Labute approximate surface area is 231 Å². The molecule has 1 atom stereocenters. The molecular weight excluding hydrogens is 491 g/mol. The molecule has 3 aromatic carbocycles. The molecule has 0 radical (unpaired) electrons. The largest absolute Gasteiger partial charge is 0.343 e. The summed E-state index contributed by atoms with van der Waals surface area (Å²) in [5.74, 6) is -0.433. The highest BCUT2D eigenvalue weighted by Crippen LogP contribution is 2.25. The SMILES string of the molecule is CN(CCN[C@@H](CCCN)C(=O)N(C)CC(c1ccccc1)c1ccccc1)C(=O)/C=C/c1ccc(F)cc1. The predicted molar refractivity (Wildman–Crippen MR) is 156 cm³/mol. The summed E-state index contributed by atoms with van der Waals surface area (Å²) < 4.78 is 13.1. The molecule has 6 nitrogen and oxygen atoms in total. The van der Waals surface area contributed by atoms with Gasteiger partial charge in [-0.2, -0.15) is 0 Å². The number of hydrogen-bond donors (Lipinski definition) is 2. The van der Waals surface area contributed by atoms with Gasteiger partial charge in [0.2, 0.25) is 11.8 Å². The van der Waals surface area contributed by atoms with Crippen LogP contribution in [-0.4, -0.2) is 67.9 Å².